The molecule has 0 aliphatic carbocycles. The van der Waals surface area contributed by atoms with E-state index in [0.717, 1.165) is 16.7 Å². The van der Waals surface area contributed by atoms with Gasteiger partial charge >= 0.3 is 5.97 Å². The molecular formula is C25H18ClNO7S. The zero-order valence-electron chi connectivity index (χ0n) is 18.4. The summed E-state index contributed by atoms with van der Waals surface area (Å²) in [6.45, 7) is 2.12. The number of nitrogens with zero attached hydrogens (tertiary/aromatic N) is 1. The SMILES string of the molecule is CCOC(=O)c1cccc(-c2ccc(/C=C3\SC(=O)N(Cc4cc5c(cc4Cl)OCO5)C3=O)o2)c1. The van der Waals surface area contributed by atoms with Gasteiger partial charge < -0.3 is 18.6 Å². The van der Waals surface area contributed by atoms with Crippen LogP contribution in [0.1, 0.15) is 28.6 Å². The number of amides is 2. The second-order valence-corrected chi connectivity index (χ2v) is 8.97. The number of benzene rings is 2. The number of imide groups is 1. The molecule has 0 spiro atoms. The molecule has 0 unspecified atom stereocenters. The van der Waals surface area contributed by atoms with Crippen LogP contribution in [0.2, 0.25) is 5.02 Å². The zero-order valence-corrected chi connectivity index (χ0v) is 20.0. The molecule has 3 heterocycles. The van der Waals surface area contributed by atoms with E-state index in [4.69, 9.17) is 30.2 Å². The second kappa shape index (κ2) is 9.52. The lowest BCUT2D eigenvalue weighted by Gasteiger charge is -2.14. The average molecular weight is 512 g/mol. The van der Waals surface area contributed by atoms with Crippen LogP contribution in [0.25, 0.3) is 17.4 Å². The molecule has 0 radical (unpaired) electrons. The predicted octanol–water partition coefficient (Wildman–Crippen LogP) is 5.74. The largest absolute Gasteiger partial charge is 0.462 e. The number of halogens is 1. The van der Waals surface area contributed by atoms with Crippen LogP contribution in [0.15, 0.2) is 57.9 Å². The predicted molar refractivity (Wildman–Crippen MR) is 129 cm³/mol. The summed E-state index contributed by atoms with van der Waals surface area (Å²) < 4.78 is 21.5. The molecule has 0 saturated carbocycles. The first-order valence-electron chi connectivity index (χ1n) is 10.6. The van der Waals surface area contributed by atoms with E-state index in [1.54, 1.807) is 55.5 Å². The van der Waals surface area contributed by atoms with E-state index in [1.165, 1.54) is 6.08 Å². The normalized spacial score (nSPS) is 15.8. The lowest BCUT2D eigenvalue weighted by Crippen LogP contribution is -2.27. The van der Waals surface area contributed by atoms with Crippen molar-refractivity contribution in [2.24, 2.45) is 0 Å². The quantitative estimate of drug-likeness (QED) is 0.305. The van der Waals surface area contributed by atoms with Crippen LogP contribution in [-0.2, 0) is 16.1 Å². The van der Waals surface area contributed by atoms with Crippen molar-refractivity contribution in [3.63, 3.8) is 0 Å². The van der Waals surface area contributed by atoms with Crippen molar-refractivity contribution in [3.8, 4) is 22.8 Å². The zero-order chi connectivity index (χ0) is 24.5. The lowest BCUT2D eigenvalue weighted by atomic mass is 10.1. The Morgan fingerprint density at radius 1 is 1.14 bits per heavy atom. The molecule has 1 fully saturated rings. The molecule has 10 heteroatoms. The van der Waals surface area contributed by atoms with Crippen LogP contribution >= 0.6 is 23.4 Å². The number of esters is 1. The number of carbonyl (C=O) groups excluding carboxylic acids is 3. The molecule has 2 aliphatic rings. The minimum atomic E-state index is -0.448. The average Bonchev–Trinajstić information content (AvgIpc) is 3.56. The highest BCUT2D eigenvalue weighted by molar-refractivity contribution is 8.18. The van der Waals surface area contributed by atoms with Crippen molar-refractivity contribution in [2.45, 2.75) is 13.5 Å². The first-order valence-corrected chi connectivity index (χ1v) is 11.8. The molecule has 0 atom stereocenters. The molecule has 1 saturated heterocycles. The van der Waals surface area contributed by atoms with Crippen molar-refractivity contribution in [2.75, 3.05) is 13.4 Å². The van der Waals surface area contributed by atoms with Crippen molar-refractivity contribution in [1.29, 1.82) is 0 Å². The van der Waals surface area contributed by atoms with E-state index in [2.05, 4.69) is 0 Å². The van der Waals surface area contributed by atoms with Crippen molar-refractivity contribution < 1.29 is 33.0 Å². The highest BCUT2D eigenvalue weighted by Gasteiger charge is 2.36. The number of carbonyl (C=O) groups is 3. The van der Waals surface area contributed by atoms with Crippen LogP contribution in [0, 0.1) is 0 Å². The fourth-order valence-corrected chi connectivity index (χ4v) is 4.65. The monoisotopic (exact) mass is 511 g/mol. The Bertz CT molecular complexity index is 1380. The number of furan rings is 1. The molecular weight excluding hydrogens is 494 g/mol. The summed E-state index contributed by atoms with van der Waals surface area (Å²) in [5.74, 6) is 1.08. The van der Waals surface area contributed by atoms with Gasteiger partial charge in [0.25, 0.3) is 11.1 Å². The van der Waals surface area contributed by atoms with Gasteiger partial charge in [0, 0.05) is 22.7 Å². The third-order valence-corrected chi connectivity index (χ3v) is 6.56. The Morgan fingerprint density at radius 3 is 2.74 bits per heavy atom. The van der Waals surface area contributed by atoms with Crippen LogP contribution < -0.4 is 9.47 Å². The third kappa shape index (κ3) is 4.65. The van der Waals surface area contributed by atoms with Gasteiger partial charge in [-0.15, -0.1) is 0 Å². The maximum absolute atomic E-state index is 13.0. The van der Waals surface area contributed by atoms with Gasteiger partial charge in [-0.05, 0) is 54.6 Å². The van der Waals surface area contributed by atoms with Crippen molar-refractivity contribution in [3.05, 3.63) is 75.3 Å². The van der Waals surface area contributed by atoms with Gasteiger partial charge in [0.05, 0.1) is 23.6 Å². The Kier molecular flexibility index (Phi) is 6.27. The first kappa shape index (κ1) is 23.1. The molecule has 2 amide bonds. The fourth-order valence-electron chi connectivity index (χ4n) is 3.62. The van der Waals surface area contributed by atoms with E-state index < -0.39 is 17.1 Å². The molecule has 1 aromatic heterocycles. The van der Waals surface area contributed by atoms with E-state index >= 15 is 0 Å². The molecule has 0 bridgehead atoms. The summed E-state index contributed by atoms with van der Waals surface area (Å²) in [5, 5.41) is -0.0399. The van der Waals surface area contributed by atoms with E-state index in [0.29, 0.717) is 44.7 Å². The Hall–Kier alpha value is -3.69. The minimum Gasteiger partial charge on any atom is -0.462 e. The second-order valence-electron chi connectivity index (χ2n) is 7.57. The van der Waals surface area contributed by atoms with E-state index in [9.17, 15) is 14.4 Å². The molecule has 3 aromatic rings. The van der Waals surface area contributed by atoms with Gasteiger partial charge in [0.1, 0.15) is 11.5 Å². The van der Waals surface area contributed by atoms with Gasteiger partial charge in [0.2, 0.25) is 6.79 Å². The molecule has 8 nitrogen and oxygen atoms in total. The molecule has 2 aliphatic heterocycles. The maximum Gasteiger partial charge on any atom is 0.338 e. The highest BCUT2D eigenvalue weighted by atomic mass is 35.5. The summed E-state index contributed by atoms with van der Waals surface area (Å²) in [6, 6.07) is 13.6. The van der Waals surface area contributed by atoms with Crippen LogP contribution in [0.4, 0.5) is 4.79 Å². The van der Waals surface area contributed by atoms with Crippen molar-refractivity contribution in [1.82, 2.24) is 4.90 Å². The van der Waals surface area contributed by atoms with Gasteiger partial charge in [-0.1, -0.05) is 23.7 Å². The summed E-state index contributed by atoms with van der Waals surface area (Å²) >= 11 is 7.13. The highest BCUT2D eigenvalue weighted by Crippen LogP contribution is 2.39. The number of thioether (sulfide) groups is 1. The van der Waals surface area contributed by atoms with E-state index in [-0.39, 0.29) is 24.8 Å². The van der Waals surface area contributed by atoms with Crippen LogP contribution in [0.5, 0.6) is 11.5 Å². The van der Waals surface area contributed by atoms with Gasteiger partial charge in [-0.2, -0.15) is 0 Å². The van der Waals surface area contributed by atoms with Gasteiger partial charge in [-0.25, -0.2) is 4.79 Å². The number of rotatable bonds is 6. The molecule has 178 valence electrons. The third-order valence-electron chi connectivity index (χ3n) is 5.30. The number of fused-ring (bicyclic) bond motifs is 1. The van der Waals surface area contributed by atoms with Crippen LogP contribution in [-0.4, -0.2) is 35.4 Å². The topological polar surface area (TPSA) is 95.3 Å². The summed E-state index contributed by atoms with van der Waals surface area (Å²) in [5.41, 5.74) is 1.66. The van der Waals surface area contributed by atoms with Crippen molar-refractivity contribution >= 4 is 46.6 Å². The van der Waals surface area contributed by atoms with Gasteiger partial charge in [-0.3, -0.25) is 14.5 Å². The molecule has 5 rings (SSSR count). The summed E-state index contributed by atoms with van der Waals surface area (Å²) in [4.78, 5) is 38.9. The molecule has 2 aromatic carbocycles. The Labute approximate surface area is 209 Å². The molecule has 35 heavy (non-hydrogen) atoms. The Morgan fingerprint density at radius 2 is 1.94 bits per heavy atom. The van der Waals surface area contributed by atoms with Crippen LogP contribution in [0.3, 0.4) is 0 Å². The Balaban J connectivity index is 1.34. The van der Waals surface area contributed by atoms with E-state index in [1.807, 2.05) is 0 Å². The number of ether oxygens (including phenoxy) is 3. The summed E-state index contributed by atoms with van der Waals surface area (Å²) in [6.07, 6.45) is 1.52. The smallest absolute Gasteiger partial charge is 0.338 e. The number of hydrogen-bond donors (Lipinski definition) is 0. The maximum atomic E-state index is 13.0. The lowest BCUT2D eigenvalue weighted by molar-refractivity contribution is -0.123. The minimum absolute atomic E-state index is 0.00152. The standard InChI is InChI=1S/C25H18ClNO7S/c1-2-31-24(29)15-5-3-4-14(8-15)19-7-6-17(34-19)10-22-23(28)27(25(30)35-22)12-16-9-20-21(11-18(16)26)33-13-32-20/h3-11H,2,12-13H2,1H3/b22-10-. The summed E-state index contributed by atoms with van der Waals surface area (Å²) in [7, 11) is 0. The number of hydrogen-bond acceptors (Lipinski definition) is 8. The molecule has 0 N–H and O–H groups in total. The first-order chi connectivity index (χ1) is 16.9. The van der Waals surface area contributed by atoms with Gasteiger partial charge in [0.15, 0.2) is 11.5 Å². The fraction of sp³-hybridized carbons (Fsp3) is 0.160.